The molecule has 0 unspecified atom stereocenters. The number of imidazole rings is 2. The highest BCUT2D eigenvalue weighted by Gasteiger charge is 2.36. The van der Waals surface area contributed by atoms with Crippen molar-refractivity contribution in [3.63, 3.8) is 0 Å². The van der Waals surface area contributed by atoms with E-state index in [-0.39, 0.29) is 30.3 Å². The number of alkyl carbamates (subject to hydrolysis) is 2. The highest BCUT2D eigenvalue weighted by molar-refractivity contribution is 5.91. The first-order chi connectivity index (χ1) is 30.0. The molecular weight excluding hydrogens is 785 g/mol. The zero-order valence-corrected chi connectivity index (χ0v) is 35.8. The number of likely N-dealkylation sites (tertiary alicyclic amines) is 1. The van der Waals surface area contributed by atoms with Crippen molar-refractivity contribution in [1.82, 2.24) is 40.4 Å². The molecule has 14 heteroatoms. The second kappa shape index (κ2) is 19.6. The fourth-order valence-corrected chi connectivity index (χ4v) is 8.06. The lowest BCUT2D eigenvalue weighted by Crippen LogP contribution is -2.51. The number of nitrogens with one attached hydrogen (secondary N) is 4. The number of ether oxygens (including phenoxy) is 2. The van der Waals surface area contributed by atoms with Crippen molar-refractivity contribution >= 4 is 34.8 Å². The molecule has 1 saturated heterocycles. The maximum Gasteiger partial charge on any atom is 0.407 e. The van der Waals surface area contributed by atoms with E-state index in [1.54, 1.807) is 11.1 Å². The lowest BCUT2D eigenvalue weighted by Gasteiger charge is -2.28. The zero-order valence-electron chi connectivity index (χ0n) is 35.8. The number of nitrogens with zero attached hydrogens (tertiary/aromatic N) is 4. The molecule has 1 fully saturated rings. The molecule has 14 nitrogen and oxygen atoms in total. The van der Waals surface area contributed by atoms with Gasteiger partial charge in [-0.25, -0.2) is 19.6 Å². The fourth-order valence-electron chi connectivity index (χ4n) is 8.06. The van der Waals surface area contributed by atoms with Gasteiger partial charge < -0.3 is 39.9 Å². The number of hydrogen-bond donors (Lipinski definition) is 4. The monoisotopic (exact) mass is 838 g/mol. The van der Waals surface area contributed by atoms with Crippen LogP contribution >= 0.6 is 0 Å². The van der Waals surface area contributed by atoms with E-state index >= 15 is 0 Å². The summed E-state index contributed by atoms with van der Waals surface area (Å²) in [6, 6.07) is 28.9. The molecular formula is C48H54N8O6. The largest absolute Gasteiger partial charge is 0.453 e. The Kier molecular flexibility index (Phi) is 13.6. The Balaban J connectivity index is 1.01. The molecule has 0 saturated carbocycles. The molecule has 2 aromatic heterocycles. The number of aromatic nitrogens is 4. The van der Waals surface area contributed by atoms with Gasteiger partial charge in [0.1, 0.15) is 23.7 Å². The second-order valence-electron chi connectivity index (χ2n) is 16.0. The van der Waals surface area contributed by atoms with Crippen molar-refractivity contribution in [3.8, 4) is 33.6 Å². The Morgan fingerprint density at radius 3 is 2.11 bits per heavy atom. The highest BCUT2D eigenvalue weighted by atomic mass is 16.5. The molecule has 7 rings (SSSR count). The predicted octanol–water partition coefficient (Wildman–Crippen LogP) is 8.04. The number of methoxy groups -OCH3 is 2. The Morgan fingerprint density at radius 2 is 1.42 bits per heavy atom. The van der Waals surface area contributed by atoms with Gasteiger partial charge in [-0.05, 0) is 70.3 Å². The quantitative estimate of drug-likeness (QED) is 0.0804. The van der Waals surface area contributed by atoms with Crippen molar-refractivity contribution < 1.29 is 28.7 Å². The standard InChI is InChI=1S/C48H54N8O6/c1-6-22-55(46(58)43(30(2)3)54-48(60)62-5)29-42-49-27-40(51-42)37-21-20-35-25-34(18-19-36(35)26-37)32-14-16-33(17-15-32)39-28-50-44(52-39)41-13-10-23-56(41)45(57)38(53-47(59)61-4)24-31-11-8-7-9-12-31/h7-9,11-12,14-21,25-28,30,38,41,43H,6,10,13,22-24,29H2,1-5H3,(H,49,51)(H,50,52)(H,53,59)(H,54,60)/t38-,41+,43+/m1/s1. The number of rotatable bonds is 15. The van der Waals surface area contributed by atoms with Gasteiger partial charge in [0, 0.05) is 25.1 Å². The van der Waals surface area contributed by atoms with Crippen LogP contribution in [0.1, 0.15) is 63.3 Å². The van der Waals surface area contributed by atoms with Crippen LogP contribution in [0.5, 0.6) is 0 Å². The van der Waals surface area contributed by atoms with E-state index in [4.69, 9.17) is 14.5 Å². The van der Waals surface area contributed by atoms with E-state index in [0.717, 1.165) is 69.2 Å². The smallest absolute Gasteiger partial charge is 0.407 e. The third-order valence-electron chi connectivity index (χ3n) is 11.4. The molecule has 4 N–H and O–H groups in total. The van der Waals surface area contributed by atoms with E-state index in [9.17, 15) is 19.2 Å². The zero-order chi connectivity index (χ0) is 43.8. The number of aromatic amines is 2. The summed E-state index contributed by atoms with van der Waals surface area (Å²) in [5.41, 5.74) is 6.74. The van der Waals surface area contributed by atoms with Gasteiger partial charge in [-0.3, -0.25) is 9.59 Å². The fraction of sp³-hybridized carbons (Fsp3) is 0.333. The summed E-state index contributed by atoms with van der Waals surface area (Å²) in [5, 5.41) is 7.60. The summed E-state index contributed by atoms with van der Waals surface area (Å²) in [6.45, 7) is 7.16. The summed E-state index contributed by atoms with van der Waals surface area (Å²) < 4.78 is 9.60. The number of fused-ring (bicyclic) bond motifs is 1. The van der Waals surface area contributed by atoms with E-state index in [2.05, 4.69) is 86.2 Å². The van der Waals surface area contributed by atoms with E-state index in [1.807, 2.05) is 62.2 Å². The summed E-state index contributed by atoms with van der Waals surface area (Å²) in [4.78, 5) is 71.4. The van der Waals surface area contributed by atoms with Gasteiger partial charge in [0.05, 0.1) is 50.6 Å². The highest BCUT2D eigenvalue weighted by Crippen LogP contribution is 2.34. The summed E-state index contributed by atoms with van der Waals surface area (Å²) >= 11 is 0. The van der Waals surface area contributed by atoms with Crippen molar-refractivity contribution in [3.05, 3.63) is 121 Å². The number of carbonyl (C=O) groups excluding carboxylic acids is 4. The van der Waals surface area contributed by atoms with Crippen LogP contribution < -0.4 is 10.6 Å². The average Bonchev–Trinajstić information content (AvgIpc) is 4.09. The van der Waals surface area contributed by atoms with Crippen LogP contribution in [0.15, 0.2) is 103 Å². The van der Waals surface area contributed by atoms with Gasteiger partial charge in [-0.15, -0.1) is 0 Å². The molecule has 0 spiro atoms. The number of amides is 4. The van der Waals surface area contributed by atoms with Crippen LogP contribution in [0.3, 0.4) is 0 Å². The molecule has 0 bridgehead atoms. The first-order valence-corrected chi connectivity index (χ1v) is 21.1. The summed E-state index contributed by atoms with van der Waals surface area (Å²) in [5.74, 6) is 0.893. The molecule has 62 heavy (non-hydrogen) atoms. The minimum Gasteiger partial charge on any atom is -0.453 e. The SMILES string of the molecule is CCCN(Cc1ncc(-c2ccc3cc(-c4ccc(-c5cnc([C@@H]6CCCN6C(=O)[C@@H](Cc6ccccc6)NC(=O)OC)[nH]5)cc4)ccc3c2)[nH]1)C(=O)[C@@H](NC(=O)OC)C(C)C. The van der Waals surface area contributed by atoms with E-state index < -0.39 is 24.3 Å². The van der Waals surface area contributed by atoms with Gasteiger partial charge in [0.25, 0.3) is 0 Å². The second-order valence-corrected chi connectivity index (χ2v) is 16.0. The van der Waals surface area contributed by atoms with Crippen LogP contribution in [-0.2, 0) is 32.0 Å². The topological polar surface area (TPSA) is 175 Å². The number of carbonyl (C=O) groups is 4. The summed E-state index contributed by atoms with van der Waals surface area (Å²) in [6.07, 6.45) is 5.01. The Hall–Kier alpha value is -6.96. The number of H-pyrrole nitrogens is 2. The molecule has 1 aliphatic rings. The normalized spacial score (nSPS) is 14.7. The Morgan fingerprint density at radius 1 is 0.790 bits per heavy atom. The molecule has 1 aliphatic heterocycles. The van der Waals surface area contributed by atoms with Crippen LogP contribution in [-0.4, -0.2) is 93.1 Å². The molecule has 0 aliphatic carbocycles. The molecule has 3 heterocycles. The van der Waals surface area contributed by atoms with Gasteiger partial charge in [0.15, 0.2) is 0 Å². The first-order valence-electron chi connectivity index (χ1n) is 21.1. The Labute approximate surface area is 361 Å². The van der Waals surface area contributed by atoms with Gasteiger partial charge in [-0.1, -0.05) is 99.6 Å². The minimum absolute atomic E-state index is 0.124. The van der Waals surface area contributed by atoms with Crippen LogP contribution in [0.4, 0.5) is 9.59 Å². The molecule has 4 aromatic carbocycles. The van der Waals surface area contributed by atoms with Crippen molar-refractivity contribution in [1.29, 1.82) is 0 Å². The van der Waals surface area contributed by atoms with E-state index in [0.29, 0.717) is 31.2 Å². The molecule has 0 radical (unpaired) electrons. The van der Waals surface area contributed by atoms with Gasteiger partial charge in [-0.2, -0.15) is 0 Å². The van der Waals surface area contributed by atoms with Crippen molar-refractivity contribution in [2.24, 2.45) is 5.92 Å². The van der Waals surface area contributed by atoms with Crippen molar-refractivity contribution in [2.45, 2.75) is 71.1 Å². The van der Waals surface area contributed by atoms with Crippen LogP contribution in [0.2, 0.25) is 0 Å². The lowest BCUT2D eigenvalue weighted by atomic mass is 9.98. The predicted molar refractivity (Wildman–Crippen MR) is 238 cm³/mol. The first kappa shape index (κ1) is 43.1. The van der Waals surface area contributed by atoms with Gasteiger partial charge in [0.2, 0.25) is 11.8 Å². The summed E-state index contributed by atoms with van der Waals surface area (Å²) in [7, 11) is 2.58. The van der Waals surface area contributed by atoms with E-state index in [1.165, 1.54) is 14.2 Å². The molecule has 3 atom stereocenters. The lowest BCUT2D eigenvalue weighted by molar-refractivity contribution is -0.135. The molecule has 4 amide bonds. The third-order valence-corrected chi connectivity index (χ3v) is 11.4. The number of benzene rings is 4. The Bertz CT molecular complexity index is 2500. The maximum atomic E-state index is 13.9. The van der Waals surface area contributed by atoms with Crippen LogP contribution in [0, 0.1) is 5.92 Å². The third kappa shape index (κ3) is 9.97. The molecule has 322 valence electrons. The van der Waals surface area contributed by atoms with Gasteiger partial charge >= 0.3 is 12.2 Å². The minimum atomic E-state index is -0.774. The average molecular weight is 839 g/mol. The van der Waals surface area contributed by atoms with Crippen molar-refractivity contribution in [2.75, 3.05) is 27.3 Å². The maximum absolute atomic E-state index is 13.9. The molecule has 6 aromatic rings. The number of hydrogen-bond acceptors (Lipinski definition) is 8. The van der Waals surface area contributed by atoms with Crippen LogP contribution in [0.25, 0.3) is 44.4 Å².